The van der Waals surface area contributed by atoms with Gasteiger partial charge in [-0.15, -0.1) is 0 Å². The number of unbranched alkanes of at least 4 members (excludes halogenated alkanes) is 5. The number of aryl methyl sites for hydroxylation is 1. The highest BCUT2D eigenvalue weighted by atomic mass is 14.0. The first-order valence-corrected chi connectivity index (χ1v) is 5.76. The molecule has 0 aliphatic heterocycles. The first kappa shape index (κ1) is 11.3. The van der Waals surface area contributed by atoms with Crippen LogP contribution in [0.3, 0.4) is 0 Å². The normalized spacial score (nSPS) is 10.4. The van der Waals surface area contributed by atoms with E-state index in [1.165, 1.54) is 44.1 Å². The Balaban J connectivity index is 1.99. The highest BCUT2D eigenvalue weighted by Gasteiger charge is 1.91. The Labute approximate surface area is 88.4 Å². The molecule has 0 heterocycles. The molecule has 0 spiro atoms. The van der Waals surface area contributed by atoms with Crippen LogP contribution in [0.25, 0.3) is 0 Å². The molecule has 0 aromatic heterocycles. The van der Waals surface area contributed by atoms with Gasteiger partial charge >= 0.3 is 0 Å². The zero-order valence-corrected chi connectivity index (χ0v) is 9.04. The van der Waals surface area contributed by atoms with E-state index in [1.54, 1.807) is 0 Å². The maximum atomic E-state index is 3.85. The van der Waals surface area contributed by atoms with Crippen LogP contribution in [0, 0.1) is 6.92 Å². The lowest BCUT2D eigenvalue weighted by atomic mass is 10.1. The van der Waals surface area contributed by atoms with Gasteiger partial charge in [0, 0.05) is 0 Å². The summed E-state index contributed by atoms with van der Waals surface area (Å²) in [5.41, 5.74) is 1.48. The minimum atomic E-state index is 1.10. The molecule has 0 radical (unpaired) electrons. The quantitative estimate of drug-likeness (QED) is 0.440. The van der Waals surface area contributed by atoms with E-state index in [-0.39, 0.29) is 0 Å². The van der Waals surface area contributed by atoms with Crippen LogP contribution in [0.4, 0.5) is 0 Å². The molecule has 0 aliphatic carbocycles. The standard InChI is InChI=1S/C14H21/c1-2-3-4-5-6-8-11-14-12-9-7-10-13-14/h7,9-10,12-13H,1-6,8,11H2/q-1. The topological polar surface area (TPSA) is 0 Å². The molecule has 14 heavy (non-hydrogen) atoms. The fraction of sp³-hybridized carbons (Fsp3) is 0.500. The van der Waals surface area contributed by atoms with Crippen molar-refractivity contribution in [3.05, 3.63) is 42.8 Å². The van der Waals surface area contributed by atoms with Crippen molar-refractivity contribution in [2.75, 3.05) is 0 Å². The van der Waals surface area contributed by atoms with Crippen LogP contribution in [0.15, 0.2) is 30.3 Å². The fourth-order valence-corrected chi connectivity index (χ4v) is 1.68. The van der Waals surface area contributed by atoms with Gasteiger partial charge in [0.1, 0.15) is 0 Å². The largest absolute Gasteiger partial charge is 0.343 e. The molecule has 0 unspecified atom stereocenters. The van der Waals surface area contributed by atoms with Crippen molar-refractivity contribution in [1.29, 1.82) is 0 Å². The molecular weight excluding hydrogens is 168 g/mol. The summed E-state index contributed by atoms with van der Waals surface area (Å²) in [6.07, 6.45) is 9.08. The van der Waals surface area contributed by atoms with Crippen molar-refractivity contribution < 1.29 is 0 Å². The maximum Gasteiger partial charge on any atom is -0.0279 e. The van der Waals surface area contributed by atoms with Gasteiger partial charge in [0.25, 0.3) is 0 Å². The van der Waals surface area contributed by atoms with E-state index in [1.807, 2.05) is 0 Å². The summed E-state index contributed by atoms with van der Waals surface area (Å²) in [7, 11) is 0. The van der Waals surface area contributed by atoms with E-state index in [2.05, 4.69) is 37.3 Å². The predicted molar refractivity (Wildman–Crippen MR) is 63.2 cm³/mol. The monoisotopic (exact) mass is 189 g/mol. The summed E-state index contributed by atoms with van der Waals surface area (Å²) in [6, 6.07) is 10.8. The van der Waals surface area contributed by atoms with E-state index in [0.29, 0.717) is 0 Å². The van der Waals surface area contributed by atoms with Gasteiger partial charge in [0.2, 0.25) is 0 Å². The predicted octanol–water partition coefficient (Wildman–Crippen LogP) is 4.40. The van der Waals surface area contributed by atoms with Gasteiger partial charge in [-0.2, -0.15) is 6.42 Å². The molecular formula is C14H21-. The van der Waals surface area contributed by atoms with Crippen LogP contribution < -0.4 is 0 Å². The fourth-order valence-electron chi connectivity index (χ4n) is 1.68. The number of rotatable bonds is 7. The van der Waals surface area contributed by atoms with Crippen molar-refractivity contribution in [1.82, 2.24) is 0 Å². The van der Waals surface area contributed by atoms with Crippen molar-refractivity contribution in [2.45, 2.75) is 44.9 Å². The zero-order chi connectivity index (χ0) is 10.1. The minimum absolute atomic E-state index is 1.10. The van der Waals surface area contributed by atoms with Gasteiger partial charge in [-0.1, -0.05) is 56.0 Å². The van der Waals surface area contributed by atoms with Gasteiger partial charge in [-0.3, -0.25) is 0 Å². The number of hydrogen-bond acceptors (Lipinski definition) is 0. The highest BCUT2D eigenvalue weighted by molar-refractivity contribution is 5.14. The molecule has 0 bridgehead atoms. The Bertz CT molecular complexity index is 213. The summed E-state index contributed by atoms with van der Waals surface area (Å²) in [4.78, 5) is 0. The molecule has 1 aromatic rings. The first-order valence-electron chi connectivity index (χ1n) is 5.76. The van der Waals surface area contributed by atoms with Gasteiger partial charge in [0.15, 0.2) is 0 Å². The smallest absolute Gasteiger partial charge is 0.0279 e. The third-order valence-corrected chi connectivity index (χ3v) is 2.56. The van der Waals surface area contributed by atoms with Crippen molar-refractivity contribution in [3.8, 4) is 0 Å². The molecule has 0 atom stereocenters. The average Bonchev–Trinajstić information content (AvgIpc) is 2.25. The zero-order valence-electron chi connectivity index (χ0n) is 9.04. The van der Waals surface area contributed by atoms with Gasteiger partial charge in [0.05, 0.1) is 0 Å². The molecule has 1 rings (SSSR count). The molecule has 1 aromatic carbocycles. The molecule has 0 fully saturated rings. The van der Waals surface area contributed by atoms with Gasteiger partial charge in [-0.25, -0.2) is 0 Å². The second-order valence-electron chi connectivity index (χ2n) is 3.86. The summed E-state index contributed by atoms with van der Waals surface area (Å²) in [6.45, 7) is 3.85. The minimum Gasteiger partial charge on any atom is -0.343 e. The molecule has 0 N–H and O–H groups in total. The molecule has 78 valence electrons. The summed E-state index contributed by atoms with van der Waals surface area (Å²) < 4.78 is 0. The van der Waals surface area contributed by atoms with Crippen molar-refractivity contribution in [3.63, 3.8) is 0 Å². The Hall–Kier alpha value is -0.780. The highest BCUT2D eigenvalue weighted by Crippen LogP contribution is 2.09. The Morgan fingerprint density at radius 1 is 0.786 bits per heavy atom. The SMILES string of the molecule is [CH2-]CCCCCCCc1ccccc1. The van der Waals surface area contributed by atoms with Gasteiger partial charge in [-0.05, 0) is 18.4 Å². The van der Waals surface area contributed by atoms with Gasteiger partial charge < -0.3 is 6.92 Å². The maximum absolute atomic E-state index is 3.85. The number of benzene rings is 1. The third-order valence-electron chi connectivity index (χ3n) is 2.56. The third kappa shape index (κ3) is 5.06. The molecule has 0 saturated carbocycles. The van der Waals surface area contributed by atoms with Crippen molar-refractivity contribution in [2.24, 2.45) is 0 Å². The van der Waals surface area contributed by atoms with E-state index in [4.69, 9.17) is 0 Å². The van der Waals surface area contributed by atoms with Crippen LogP contribution in [0.2, 0.25) is 0 Å². The molecule has 0 aliphatic rings. The van der Waals surface area contributed by atoms with E-state index < -0.39 is 0 Å². The molecule has 0 heteroatoms. The lowest BCUT2D eigenvalue weighted by Gasteiger charge is -2.02. The molecule has 0 nitrogen and oxygen atoms in total. The average molecular weight is 189 g/mol. The Kier molecular flexibility index (Phi) is 6.14. The van der Waals surface area contributed by atoms with Crippen LogP contribution in [0.5, 0.6) is 0 Å². The second-order valence-corrected chi connectivity index (χ2v) is 3.86. The Morgan fingerprint density at radius 2 is 1.43 bits per heavy atom. The van der Waals surface area contributed by atoms with Crippen LogP contribution >= 0.6 is 0 Å². The van der Waals surface area contributed by atoms with E-state index in [9.17, 15) is 0 Å². The summed E-state index contributed by atoms with van der Waals surface area (Å²) in [5, 5.41) is 0. The van der Waals surface area contributed by atoms with Crippen LogP contribution in [-0.2, 0) is 6.42 Å². The second kappa shape index (κ2) is 7.61. The van der Waals surface area contributed by atoms with Crippen LogP contribution in [-0.4, -0.2) is 0 Å². The number of hydrogen-bond donors (Lipinski definition) is 0. The van der Waals surface area contributed by atoms with E-state index >= 15 is 0 Å². The van der Waals surface area contributed by atoms with Crippen molar-refractivity contribution >= 4 is 0 Å². The van der Waals surface area contributed by atoms with Crippen LogP contribution in [0.1, 0.15) is 44.1 Å². The lowest BCUT2D eigenvalue weighted by molar-refractivity contribution is 0.617. The molecule has 0 amide bonds. The molecule has 0 saturated heterocycles. The Morgan fingerprint density at radius 3 is 2.14 bits per heavy atom. The lowest BCUT2D eigenvalue weighted by Crippen LogP contribution is -1.85. The van der Waals surface area contributed by atoms with E-state index in [0.717, 1.165) is 6.42 Å². The first-order chi connectivity index (χ1) is 6.93. The summed E-state index contributed by atoms with van der Waals surface area (Å²) >= 11 is 0. The summed E-state index contributed by atoms with van der Waals surface area (Å²) in [5.74, 6) is 0.